The molecule has 2 aromatic carbocycles. The zero-order chi connectivity index (χ0) is 21.3. The Morgan fingerprint density at radius 3 is 2.80 bits per heavy atom. The van der Waals surface area contributed by atoms with E-state index in [9.17, 15) is 14.0 Å². The molecule has 0 aromatic heterocycles. The predicted molar refractivity (Wildman–Crippen MR) is 115 cm³/mol. The smallest absolute Gasteiger partial charge is 0.257 e. The number of fused-ring (bicyclic) bond motifs is 2. The highest BCUT2D eigenvalue weighted by Gasteiger charge is 2.37. The molecule has 30 heavy (non-hydrogen) atoms. The fraction of sp³-hybridized carbons (Fsp3) is 0.391. The van der Waals surface area contributed by atoms with Crippen molar-refractivity contribution < 1.29 is 14.0 Å². The molecule has 2 aliphatic heterocycles. The maximum absolute atomic E-state index is 13.2. The molecule has 0 unspecified atom stereocenters. The zero-order valence-electron chi connectivity index (χ0n) is 17.0. The van der Waals surface area contributed by atoms with Gasteiger partial charge in [0.2, 0.25) is 0 Å². The summed E-state index contributed by atoms with van der Waals surface area (Å²) in [7, 11) is 0. The lowest BCUT2D eigenvalue weighted by atomic mass is 10.0. The van der Waals surface area contributed by atoms with Gasteiger partial charge in [0.25, 0.3) is 11.8 Å². The third kappa shape index (κ3) is 3.88. The Bertz CT molecular complexity index is 981. The van der Waals surface area contributed by atoms with E-state index in [2.05, 4.69) is 17.1 Å². The van der Waals surface area contributed by atoms with E-state index in [-0.39, 0.29) is 29.5 Å². The van der Waals surface area contributed by atoms with Crippen molar-refractivity contribution >= 4 is 29.1 Å². The van der Waals surface area contributed by atoms with Gasteiger partial charge >= 0.3 is 0 Å². The van der Waals surface area contributed by atoms with Crippen LogP contribution in [0.5, 0.6) is 0 Å². The van der Waals surface area contributed by atoms with Gasteiger partial charge < -0.3 is 15.1 Å². The Hall–Kier alpha value is -2.60. The zero-order valence-corrected chi connectivity index (χ0v) is 17.7. The first-order valence-corrected chi connectivity index (χ1v) is 10.8. The van der Waals surface area contributed by atoms with Crippen LogP contribution in [0.15, 0.2) is 36.4 Å². The molecule has 0 saturated carbocycles. The fourth-order valence-corrected chi connectivity index (χ4v) is 4.62. The first-order chi connectivity index (χ1) is 14.5. The monoisotopic (exact) mass is 429 g/mol. The van der Waals surface area contributed by atoms with Gasteiger partial charge in [-0.3, -0.25) is 9.59 Å². The third-order valence-corrected chi connectivity index (χ3v) is 6.29. The highest BCUT2D eigenvalue weighted by Crippen LogP contribution is 2.35. The number of hydrogen-bond donors (Lipinski definition) is 1. The van der Waals surface area contributed by atoms with Gasteiger partial charge in [0.05, 0.1) is 11.3 Å². The van der Waals surface area contributed by atoms with Crippen molar-refractivity contribution in [2.24, 2.45) is 0 Å². The van der Waals surface area contributed by atoms with Gasteiger partial charge in [0.15, 0.2) is 0 Å². The van der Waals surface area contributed by atoms with E-state index in [1.54, 1.807) is 24.3 Å². The van der Waals surface area contributed by atoms with Gasteiger partial charge in [-0.25, -0.2) is 4.39 Å². The molecule has 4 rings (SSSR count). The Labute approximate surface area is 180 Å². The standard InChI is InChI=1S/C23H25ClFN3O2/c1-2-27-20-12-15(22(29)26-14-16-7-9-17(25)13-19(16)24)8-10-18(20)23(30)28-11-5-3-4-6-21(27)28/h7-10,12-13,21H,2-6,11,14H2,1H3,(H,26,29)/t21-/m0/s1. The number of carbonyl (C=O) groups is 2. The van der Waals surface area contributed by atoms with E-state index >= 15 is 0 Å². The van der Waals surface area contributed by atoms with E-state index < -0.39 is 5.82 Å². The van der Waals surface area contributed by atoms with E-state index in [4.69, 9.17) is 11.6 Å². The molecule has 1 fully saturated rings. The van der Waals surface area contributed by atoms with E-state index in [0.29, 0.717) is 16.7 Å². The third-order valence-electron chi connectivity index (χ3n) is 5.94. The van der Waals surface area contributed by atoms with Crippen molar-refractivity contribution in [3.8, 4) is 0 Å². The van der Waals surface area contributed by atoms with E-state index in [1.165, 1.54) is 12.1 Å². The van der Waals surface area contributed by atoms with Crippen molar-refractivity contribution in [2.75, 3.05) is 18.0 Å². The summed E-state index contributed by atoms with van der Waals surface area (Å²) in [6.45, 7) is 3.81. The first kappa shape index (κ1) is 20.7. The van der Waals surface area contributed by atoms with Gasteiger partial charge in [-0.15, -0.1) is 0 Å². The Morgan fingerprint density at radius 2 is 2.03 bits per heavy atom. The number of rotatable bonds is 4. The average molecular weight is 430 g/mol. The molecule has 0 radical (unpaired) electrons. The molecule has 0 bridgehead atoms. The topological polar surface area (TPSA) is 52.7 Å². The molecule has 1 atom stereocenters. The van der Waals surface area contributed by atoms with E-state index in [0.717, 1.165) is 44.5 Å². The second kappa shape index (κ2) is 8.64. The van der Waals surface area contributed by atoms with Crippen LogP contribution in [0.2, 0.25) is 5.02 Å². The van der Waals surface area contributed by atoms with Crippen LogP contribution >= 0.6 is 11.6 Å². The SMILES string of the molecule is CCN1c2cc(C(=O)NCc3ccc(F)cc3Cl)ccc2C(=O)N2CCCCC[C@H]21. The molecule has 0 spiro atoms. The van der Waals surface area contributed by atoms with Gasteiger partial charge in [-0.05, 0) is 62.1 Å². The molecule has 1 saturated heterocycles. The van der Waals surface area contributed by atoms with Crippen molar-refractivity contribution in [3.63, 3.8) is 0 Å². The number of nitrogens with zero attached hydrogens (tertiary/aromatic N) is 2. The lowest BCUT2D eigenvalue weighted by molar-refractivity contribution is 0.0656. The number of nitrogens with one attached hydrogen (secondary N) is 1. The first-order valence-electron chi connectivity index (χ1n) is 10.4. The molecule has 1 N–H and O–H groups in total. The van der Waals surface area contributed by atoms with Crippen LogP contribution in [0, 0.1) is 5.82 Å². The molecule has 2 amide bonds. The molecule has 7 heteroatoms. The lowest BCUT2D eigenvalue weighted by Crippen LogP contribution is -2.55. The average Bonchev–Trinajstić information content (AvgIpc) is 2.99. The molecular weight excluding hydrogens is 405 g/mol. The molecule has 2 aromatic rings. The molecule has 0 aliphatic carbocycles. The molecular formula is C23H25ClFN3O2. The summed E-state index contributed by atoms with van der Waals surface area (Å²) >= 11 is 6.05. The maximum Gasteiger partial charge on any atom is 0.257 e. The van der Waals surface area contributed by atoms with Crippen LogP contribution in [0.3, 0.4) is 0 Å². The minimum Gasteiger partial charge on any atom is -0.351 e. The van der Waals surface area contributed by atoms with Crippen LogP contribution in [0.4, 0.5) is 10.1 Å². The summed E-state index contributed by atoms with van der Waals surface area (Å²) in [6.07, 6.45) is 4.25. The number of carbonyl (C=O) groups excluding carboxylic acids is 2. The Balaban J connectivity index is 1.57. The van der Waals surface area contributed by atoms with Crippen LogP contribution in [-0.4, -0.2) is 36.0 Å². The lowest BCUT2D eigenvalue weighted by Gasteiger charge is -2.44. The van der Waals surface area contributed by atoms with Gasteiger partial charge in [0.1, 0.15) is 12.0 Å². The number of anilines is 1. The largest absolute Gasteiger partial charge is 0.351 e. The summed E-state index contributed by atoms with van der Waals surface area (Å²) in [5.74, 6) is -0.627. The summed E-state index contributed by atoms with van der Waals surface area (Å²) in [5.41, 5.74) is 2.59. The van der Waals surface area contributed by atoms with Crippen molar-refractivity contribution in [3.05, 3.63) is 63.9 Å². The molecule has 2 heterocycles. The van der Waals surface area contributed by atoms with Crippen LogP contribution < -0.4 is 10.2 Å². The fourth-order valence-electron chi connectivity index (χ4n) is 4.38. The van der Waals surface area contributed by atoms with Crippen molar-refractivity contribution in [2.45, 2.75) is 45.3 Å². The second-order valence-electron chi connectivity index (χ2n) is 7.76. The second-order valence-corrected chi connectivity index (χ2v) is 8.17. The van der Waals surface area contributed by atoms with Gasteiger partial charge in [-0.2, -0.15) is 0 Å². The number of benzene rings is 2. The summed E-state index contributed by atoms with van der Waals surface area (Å²) < 4.78 is 13.2. The molecule has 5 nitrogen and oxygen atoms in total. The number of halogens is 2. The normalized spacial score (nSPS) is 18.5. The minimum atomic E-state index is -0.415. The van der Waals surface area contributed by atoms with Crippen LogP contribution in [0.25, 0.3) is 0 Å². The Kier molecular flexibility index (Phi) is 5.95. The molecule has 2 aliphatic rings. The quantitative estimate of drug-likeness (QED) is 0.773. The highest BCUT2D eigenvalue weighted by atomic mass is 35.5. The summed E-state index contributed by atoms with van der Waals surface area (Å²) in [4.78, 5) is 30.0. The van der Waals surface area contributed by atoms with Crippen molar-refractivity contribution in [1.29, 1.82) is 0 Å². The highest BCUT2D eigenvalue weighted by molar-refractivity contribution is 6.31. The number of hydrogen-bond acceptors (Lipinski definition) is 3. The predicted octanol–water partition coefficient (Wildman–Crippen LogP) is 4.59. The Morgan fingerprint density at radius 1 is 1.20 bits per heavy atom. The van der Waals surface area contributed by atoms with E-state index in [1.807, 2.05) is 4.90 Å². The van der Waals surface area contributed by atoms with Crippen LogP contribution in [-0.2, 0) is 6.54 Å². The summed E-state index contributed by atoms with van der Waals surface area (Å²) in [6, 6.07) is 9.34. The number of amides is 2. The van der Waals surface area contributed by atoms with Crippen molar-refractivity contribution in [1.82, 2.24) is 10.2 Å². The van der Waals surface area contributed by atoms with Crippen LogP contribution in [0.1, 0.15) is 58.9 Å². The molecule has 158 valence electrons. The minimum absolute atomic E-state index is 0.0478. The summed E-state index contributed by atoms with van der Waals surface area (Å²) in [5, 5.41) is 3.11. The maximum atomic E-state index is 13.2. The van der Waals surface area contributed by atoms with Gasteiger partial charge in [-0.1, -0.05) is 24.1 Å². The van der Waals surface area contributed by atoms with Gasteiger partial charge in [0, 0.05) is 30.2 Å².